The normalized spacial score (nSPS) is 17.5. The maximum atomic E-state index is 12.4. The fourth-order valence-electron chi connectivity index (χ4n) is 2.46. The summed E-state index contributed by atoms with van der Waals surface area (Å²) >= 11 is 0. The highest BCUT2D eigenvalue weighted by atomic mass is 16.5. The lowest BCUT2D eigenvalue weighted by Crippen LogP contribution is -2.35. The Kier molecular flexibility index (Phi) is 3.86. The van der Waals surface area contributed by atoms with E-state index in [2.05, 4.69) is 9.97 Å². The first kappa shape index (κ1) is 14.2. The molecular formula is C15H16N4O3. The molecule has 2 aromatic rings. The van der Waals surface area contributed by atoms with Gasteiger partial charge in [-0.15, -0.1) is 0 Å². The largest absolute Gasteiger partial charge is 0.471 e. The molecule has 0 aromatic carbocycles. The Morgan fingerprint density at radius 1 is 1.41 bits per heavy atom. The molecule has 3 rings (SSSR count). The molecule has 114 valence electrons. The van der Waals surface area contributed by atoms with E-state index in [1.54, 1.807) is 42.7 Å². The van der Waals surface area contributed by atoms with Crippen molar-refractivity contribution in [3.63, 3.8) is 0 Å². The number of amides is 1. The van der Waals surface area contributed by atoms with Gasteiger partial charge in [0.1, 0.15) is 11.7 Å². The van der Waals surface area contributed by atoms with Gasteiger partial charge in [0.2, 0.25) is 5.88 Å². The van der Waals surface area contributed by atoms with Gasteiger partial charge in [0.15, 0.2) is 0 Å². The highest BCUT2D eigenvalue weighted by Crippen LogP contribution is 2.17. The molecule has 0 N–H and O–H groups in total. The summed E-state index contributed by atoms with van der Waals surface area (Å²) in [6, 6.07) is 3.25. The van der Waals surface area contributed by atoms with Gasteiger partial charge in [-0.25, -0.2) is 4.98 Å². The molecule has 7 heteroatoms. The number of rotatable bonds is 3. The van der Waals surface area contributed by atoms with E-state index in [1.807, 2.05) is 0 Å². The van der Waals surface area contributed by atoms with Crippen molar-refractivity contribution in [2.75, 3.05) is 13.1 Å². The third-order valence-corrected chi connectivity index (χ3v) is 3.61. The van der Waals surface area contributed by atoms with E-state index in [-0.39, 0.29) is 23.1 Å². The van der Waals surface area contributed by atoms with E-state index in [0.717, 1.165) is 0 Å². The van der Waals surface area contributed by atoms with Crippen LogP contribution in [0.5, 0.6) is 5.88 Å². The first-order chi connectivity index (χ1) is 10.6. The molecule has 1 saturated heterocycles. The number of carbonyl (C=O) groups is 1. The number of aromatic nitrogens is 3. The van der Waals surface area contributed by atoms with Gasteiger partial charge >= 0.3 is 0 Å². The molecule has 1 atom stereocenters. The average molecular weight is 300 g/mol. The standard InChI is InChI=1S/C15H16N4O3/c1-18-7-2-3-12(14(18)20)15(21)19-8-4-11(10-19)22-13-9-16-5-6-17-13/h2-3,5-7,9,11H,4,8,10H2,1H3/t11-/m1/s1. The topological polar surface area (TPSA) is 77.3 Å². The second-order valence-corrected chi connectivity index (χ2v) is 5.16. The fourth-order valence-corrected chi connectivity index (χ4v) is 2.46. The van der Waals surface area contributed by atoms with Gasteiger partial charge in [-0.2, -0.15) is 0 Å². The number of hydrogen-bond acceptors (Lipinski definition) is 5. The van der Waals surface area contributed by atoms with E-state index in [1.165, 1.54) is 10.8 Å². The maximum absolute atomic E-state index is 12.4. The predicted molar refractivity (Wildman–Crippen MR) is 78.7 cm³/mol. The lowest BCUT2D eigenvalue weighted by molar-refractivity contribution is 0.0768. The molecule has 0 saturated carbocycles. The number of pyridine rings is 1. The number of hydrogen-bond donors (Lipinski definition) is 0. The first-order valence-electron chi connectivity index (χ1n) is 7.03. The van der Waals surface area contributed by atoms with E-state index in [4.69, 9.17) is 4.74 Å². The zero-order chi connectivity index (χ0) is 15.5. The zero-order valence-corrected chi connectivity index (χ0v) is 12.2. The molecule has 2 aromatic heterocycles. The van der Waals surface area contributed by atoms with Crippen LogP contribution in [-0.2, 0) is 7.05 Å². The monoisotopic (exact) mass is 300 g/mol. The maximum Gasteiger partial charge on any atom is 0.263 e. The van der Waals surface area contributed by atoms with E-state index >= 15 is 0 Å². The summed E-state index contributed by atoms with van der Waals surface area (Å²) in [5.74, 6) is 0.184. The van der Waals surface area contributed by atoms with Gasteiger partial charge in [-0.3, -0.25) is 14.6 Å². The Morgan fingerprint density at radius 2 is 2.27 bits per heavy atom. The molecule has 22 heavy (non-hydrogen) atoms. The van der Waals surface area contributed by atoms with Crippen molar-refractivity contribution >= 4 is 5.91 Å². The number of nitrogens with zero attached hydrogens (tertiary/aromatic N) is 4. The molecule has 7 nitrogen and oxygen atoms in total. The van der Waals surface area contributed by atoms with Gasteiger partial charge in [-0.05, 0) is 12.1 Å². The lowest BCUT2D eigenvalue weighted by atomic mass is 10.2. The molecule has 0 radical (unpaired) electrons. The Balaban J connectivity index is 1.69. The summed E-state index contributed by atoms with van der Waals surface area (Å²) in [5, 5.41) is 0. The first-order valence-corrected chi connectivity index (χ1v) is 7.03. The van der Waals surface area contributed by atoms with Crippen molar-refractivity contribution in [2.24, 2.45) is 7.05 Å². The quantitative estimate of drug-likeness (QED) is 0.823. The van der Waals surface area contributed by atoms with Crippen LogP contribution in [-0.4, -0.2) is 44.5 Å². The van der Waals surface area contributed by atoms with Crippen LogP contribution < -0.4 is 10.3 Å². The summed E-state index contributed by atoms with van der Waals surface area (Å²) in [7, 11) is 1.63. The third-order valence-electron chi connectivity index (χ3n) is 3.61. The van der Waals surface area contributed by atoms with Crippen molar-refractivity contribution in [1.29, 1.82) is 0 Å². The van der Waals surface area contributed by atoms with Crippen molar-refractivity contribution in [1.82, 2.24) is 19.4 Å². The van der Waals surface area contributed by atoms with Crippen LogP contribution >= 0.6 is 0 Å². The van der Waals surface area contributed by atoms with Gasteiger partial charge < -0.3 is 14.2 Å². The molecule has 0 spiro atoms. The highest BCUT2D eigenvalue weighted by Gasteiger charge is 2.29. The molecule has 1 aliphatic rings. The molecule has 0 aliphatic carbocycles. The van der Waals surface area contributed by atoms with Crippen LogP contribution in [0, 0.1) is 0 Å². The molecular weight excluding hydrogens is 284 g/mol. The molecule has 0 bridgehead atoms. The number of carbonyl (C=O) groups excluding carboxylic acids is 1. The molecule has 0 unspecified atom stereocenters. The van der Waals surface area contributed by atoms with Gasteiger partial charge in [0.25, 0.3) is 11.5 Å². The van der Waals surface area contributed by atoms with E-state index in [0.29, 0.717) is 25.4 Å². The summed E-state index contributed by atoms with van der Waals surface area (Å²) in [5.41, 5.74) is -0.101. The van der Waals surface area contributed by atoms with E-state index in [9.17, 15) is 9.59 Å². The fraction of sp³-hybridized carbons (Fsp3) is 0.333. The minimum Gasteiger partial charge on any atom is -0.471 e. The van der Waals surface area contributed by atoms with Crippen LogP contribution in [0.3, 0.4) is 0 Å². The van der Waals surface area contributed by atoms with Crippen molar-refractivity contribution in [2.45, 2.75) is 12.5 Å². The lowest BCUT2D eigenvalue weighted by Gasteiger charge is -2.16. The molecule has 1 amide bonds. The second kappa shape index (κ2) is 5.97. The van der Waals surface area contributed by atoms with Gasteiger partial charge in [0.05, 0.1) is 12.7 Å². The average Bonchev–Trinajstić information content (AvgIpc) is 2.99. The van der Waals surface area contributed by atoms with Crippen LogP contribution in [0.25, 0.3) is 0 Å². The summed E-state index contributed by atoms with van der Waals surface area (Å²) in [6.07, 6.45) is 6.87. The summed E-state index contributed by atoms with van der Waals surface area (Å²) in [4.78, 5) is 34.1. The van der Waals surface area contributed by atoms with Crippen molar-refractivity contribution in [3.8, 4) is 5.88 Å². The van der Waals surface area contributed by atoms with Gasteiger partial charge in [0, 0.05) is 38.6 Å². The molecule has 1 aliphatic heterocycles. The number of ether oxygens (including phenoxy) is 1. The summed E-state index contributed by atoms with van der Waals surface area (Å²) in [6.45, 7) is 0.995. The van der Waals surface area contributed by atoms with Crippen LogP contribution in [0.1, 0.15) is 16.8 Å². The Labute approximate surface area is 127 Å². The van der Waals surface area contributed by atoms with Crippen molar-refractivity contribution in [3.05, 3.63) is 52.8 Å². The second-order valence-electron chi connectivity index (χ2n) is 5.16. The smallest absolute Gasteiger partial charge is 0.263 e. The Bertz CT molecular complexity index is 729. The van der Waals surface area contributed by atoms with Crippen LogP contribution in [0.4, 0.5) is 0 Å². The molecule has 3 heterocycles. The minimum absolute atomic E-state index is 0.131. The molecule has 1 fully saturated rings. The van der Waals surface area contributed by atoms with Crippen LogP contribution in [0.15, 0.2) is 41.7 Å². The van der Waals surface area contributed by atoms with E-state index < -0.39 is 0 Å². The van der Waals surface area contributed by atoms with Crippen molar-refractivity contribution < 1.29 is 9.53 Å². The number of aryl methyl sites for hydroxylation is 1. The third kappa shape index (κ3) is 2.83. The summed E-state index contributed by atoms with van der Waals surface area (Å²) < 4.78 is 7.09. The minimum atomic E-state index is -0.286. The van der Waals surface area contributed by atoms with Gasteiger partial charge in [-0.1, -0.05) is 0 Å². The SMILES string of the molecule is Cn1cccc(C(=O)N2CC[C@@H](Oc3cnccn3)C2)c1=O. The Hall–Kier alpha value is -2.70. The zero-order valence-electron chi connectivity index (χ0n) is 12.2. The highest BCUT2D eigenvalue weighted by molar-refractivity contribution is 5.94. The Morgan fingerprint density at radius 3 is 3.05 bits per heavy atom. The number of likely N-dealkylation sites (tertiary alicyclic amines) is 1. The predicted octanol–water partition coefficient (Wildman–Crippen LogP) is 0.469. The van der Waals surface area contributed by atoms with Crippen LogP contribution in [0.2, 0.25) is 0 Å².